The molecular weight excluding hydrogens is 274 g/mol. The van der Waals surface area contributed by atoms with E-state index in [-0.39, 0.29) is 0 Å². The van der Waals surface area contributed by atoms with E-state index >= 15 is 0 Å². The topological polar surface area (TPSA) is 32.7 Å². The first-order chi connectivity index (χ1) is 10.8. The zero-order valence-electron chi connectivity index (χ0n) is 13.0. The van der Waals surface area contributed by atoms with E-state index in [9.17, 15) is 5.11 Å². The molecular formula is C19H23NO2. The molecule has 2 atom stereocenters. The van der Waals surface area contributed by atoms with Gasteiger partial charge in [0.05, 0.1) is 13.2 Å². The lowest BCUT2D eigenvalue weighted by Crippen LogP contribution is -2.28. The first kappa shape index (κ1) is 15.1. The summed E-state index contributed by atoms with van der Waals surface area (Å²) in [7, 11) is 1.72. The highest BCUT2D eigenvalue weighted by atomic mass is 16.5. The molecule has 2 aromatic carbocycles. The third kappa shape index (κ3) is 3.16. The predicted octanol–water partition coefficient (Wildman–Crippen LogP) is 3.57. The number of rotatable bonds is 5. The number of aliphatic hydroxyl groups excluding tert-OH is 1. The molecule has 0 spiro atoms. The SMILES string of the molecule is COc1ccccc1C1CCCN1CC(O)c1ccccc1. The van der Waals surface area contributed by atoms with E-state index in [0.29, 0.717) is 12.6 Å². The third-order valence-corrected chi connectivity index (χ3v) is 4.45. The highest BCUT2D eigenvalue weighted by Crippen LogP contribution is 2.37. The highest BCUT2D eigenvalue weighted by Gasteiger charge is 2.29. The molecule has 0 amide bonds. The molecule has 1 heterocycles. The van der Waals surface area contributed by atoms with Gasteiger partial charge in [-0.3, -0.25) is 4.90 Å². The van der Waals surface area contributed by atoms with E-state index in [1.165, 1.54) is 5.56 Å². The summed E-state index contributed by atoms with van der Waals surface area (Å²) in [5.41, 5.74) is 2.20. The fraction of sp³-hybridized carbons (Fsp3) is 0.368. The Labute approximate surface area is 132 Å². The standard InChI is InChI=1S/C19H23NO2/c1-22-19-12-6-5-10-16(19)17-11-7-13-20(17)14-18(21)15-8-3-2-4-9-15/h2-6,8-10,12,17-18,21H,7,11,13-14H2,1H3. The van der Waals surface area contributed by atoms with Crippen molar-refractivity contribution in [2.75, 3.05) is 20.2 Å². The molecule has 3 rings (SSSR count). The van der Waals surface area contributed by atoms with Crippen molar-refractivity contribution in [2.24, 2.45) is 0 Å². The Morgan fingerprint density at radius 3 is 2.64 bits per heavy atom. The van der Waals surface area contributed by atoms with Crippen LogP contribution in [0.3, 0.4) is 0 Å². The Morgan fingerprint density at radius 2 is 1.86 bits per heavy atom. The molecule has 2 aromatic rings. The quantitative estimate of drug-likeness (QED) is 0.916. The fourth-order valence-corrected chi connectivity index (χ4v) is 3.34. The number of hydrogen-bond donors (Lipinski definition) is 1. The molecule has 3 nitrogen and oxygen atoms in total. The first-order valence-electron chi connectivity index (χ1n) is 7.89. The van der Waals surface area contributed by atoms with Crippen LogP contribution < -0.4 is 4.74 Å². The molecule has 22 heavy (non-hydrogen) atoms. The zero-order chi connectivity index (χ0) is 15.4. The molecule has 0 aliphatic carbocycles. The summed E-state index contributed by atoms with van der Waals surface area (Å²) in [6.45, 7) is 1.68. The van der Waals surface area contributed by atoms with Gasteiger partial charge in [-0.05, 0) is 31.0 Å². The summed E-state index contributed by atoms with van der Waals surface area (Å²) in [5, 5.41) is 10.5. The van der Waals surface area contributed by atoms with Gasteiger partial charge in [-0.25, -0.2) is 0 Å². The van der Waals surface area contributed by atoms with Crippen LogP contribution in [0.1, 0.15) is 36.1 Å². The minimum absolute atomic E-state index is 0.328. The van der Waals surface area contributed by atoms with Crippen molar-refractivity contribution in [1.29, 1.82) is 0 Å². The van der Waals surface area contributed by atoms with Gasteiger partial charge in [-0.15, -0.1) is 0 Å². The Balaban J connectivity index is 1.76. The lowest BCUT2D eigenvalue weighted by molar-refractivity contribution is 0.105. The van der Waals surface area contributed by atoms with Crippen molar-refractivity contribution in [3.05, 3.63) is 65.7 Å². The number of methoxy groups -OCH3 is 1. The number of ether oxygens (including phenoxy) is 1. The highest BCUT2D eigenvalue weighted by molar-refractivity contribution is 5.36. The average Bonchev–Trinajstić information content (AvgIpc) is 3.03. The van der Waals surface area contributed by atoms with E-state index in [4.69, 9.17) is 4.74 Å². The lowest BCUT2D eigenvalue weighted by atomic mass is 10.0. The minimum Gasteiger partial charge on any atom is -0.496 e. The number of likely N-dealkylation sites (tertiary alicyclic amines) is 1. The maximum absolute atomic E-state index is 10.5. The summed E-state index contributed by atoms with van der Waals surface area (Å²) in [5.74, 6) is 0.939. The number of nitrogens with zero attached hydrogens (tertiary/aromatic N) is 1. The number of hydrogen-bond acceptors (Lipinski definition) is 3. The molecule has 0 aromatic heterocycles. The molecule has 1 aliphatic heterocycles. The number of aliphatic hydroxyl groups is 1. The Kier molecular flexibility index (Phi) is 4.76. The number of β-amino-alcohol motifs (C(OH)–C–C–N with tert-alkyl or cyclic N) is 1. The molecule has 3 heteroatoms. The molecule has 0 saturated carbocycles. The van der Waals surface area contributed by atoms with Gasteiger partial charge in [0, 0.05) is 18.2 Å². The van der Waals surface area contributed by atoms with Crippen LogP contribution in [0.2, 0.25) is 0 Å². The van der Waals surface area contributed by atoms with Gasteiger partial charge in [0.2, 0.25) is 0 Å². The molecule has 1 fully saturated rings. The van der Waals surface area contributed by atoms with Crippen molar-refractivity contribution < 1.29 is 9.84 Å². The van der Waals surface area contributed by atoms with Crippen LogP contribution in [0.5, 0.6) is 5.75 Å². The van der Waals surface area contributed by atoms with E-state index in [0.717, 1.165) is 30.7 Å². The van der Waals surface area contributed by atoms with Gasteiger partial charge in [0.15, 0.2) is 0 Å². The molecule has 116 valence electrons. The van der Waals surface area contributed by atoms with Crippen LogP contribution in [-0.2, 0) is 0 Å². The number of benzene rings is 2. The zero-order valence-corrected chi connectivity index (χ0v) is 13.0. The fourth-order valence-electron chi connectivity index (χ4n) is 3.34. The maximum atomic E-state index is 10.5. The molecule has 0 bridgehead atoms. The van der Waals surface area contributed by atoms with Crippen LogP contribution in [-0.4, -0.2) is 30.2 Å². The first-order valence-corrected chi connectivity index (χ1v) is 7.89. The summed E-state index contributed by atoms with van der Waals surface area (Å²) in [6, 6.07) is 18.4. The molecule has 1 aliphatic rings. The summed E-state index contributed by atoms with van der Waals surface area (Å²) >= 11 is 0. The average molecular weight is 297 g/mol. The van der Waals surface area contributed by atoms with Gasteiger partial charge in [0.1, 0.15) is 5.75 Å². The summed E-state index contributed by atoms with van der Waals surface area (Å²) < 4.78 is 5.51. The summed E-state index contributed by atoms with van der Waals surface area (Å²) in [4.78, 5) is 2.37. The van der Waals surface area contributed by atoms with Crippen molar-refractivity contribution in [3.63, 3.8) is 0 Å². The van der Waals surface area contributed by atoms with E-state index in [1.54, 1.807) is 7.11 Å². The Morgan fingerprint density at radius 1 is 1.14 bits per heavy atom. The van der Waals surface area contributed by atoms with Crippen LogP contribution >= 0.6 is 0 Å². The van der Waals surface area contributed by atoms with Crippen molar-refractivity contribution in [2.45, 2.75) is 25.0 Å². The van der Waals surface area contributed by atoms with Crippen LogP contribution in [0.25, 0.3) is 0 Å². The predicted molar refractivity (Wildman–Crippen MR) is 87.9 cm³/mol. The van der Waals surface area contributed by atoms with Crippen molar-refractivity contribution >= 4 is 0 Å². The van der Waals surface area contributed by atoms with Gasteiger partial charge in [-0.2, -0.15) is 0 Å². The third-order valence-electron chi connectivity index (χ3n) is 4.45. The lowest BCUT2D eigenvalue weighted by Gasteiger charge is -2.28. The molecule has 2 unspecified atom stereocenters. The van der Waals surface area contributed by atoms with Gasteiger partial charge < -0.3 is 9.84 Å². The smallest absolute Gasteiger partial charge is 0.123 e. The maximum Gasteiger partial charge on any atom is 0.123 e. The monoisotopic (exact) mass is 297 g/mol. The second-order valence-corrected chi connectivity index (χ2v) is 5.82. The van der Waals surface area contributed by atoms with Crippen LogP contribution in [0.15, 0.2) is 54.6 Å². The van der Waals surface area contributed by atoms with Crippen LogP contribution in [0, 0.1) is 0 Å². The van der Waals surface area contributed by atoms with Crippen molar-refractivity contribution in [1.82, 2.24) is 4.90 Å². The Bertz CT molecular complexity index is 599. The Hall–Kier alpha value is -1.84. The van der Waals surface area contributed by atoms with Gasteiger partial charge >= 0.3 is 0 Å². The summed E-state index contributed by atoms with van der Waals surface area (Å²) in [6.07, 6.45) is 1.82. The molecule has 0 radical (unpaired) electrons. The second-order valence-electron chi connectivity index (χ2n) is 5.82. The number of para-hydroxylation sites is 1. The van der Waals surface area contributed by atoms with Gasteiger partial charge in [0.25, 0.3) is 0 Å². The molecule has 1 saturated heterocycles. The largest absolute Gasteiger partial charge is 0.496 e. The van der Waals surface area contributed by atoms with E-state index in [2.05, 4.69) is 17.0 Å². The van der Waals surface area contributed by atoms with E-state index in [1.807, 2.05) is 42.5 Å². The second kappa shape index (κ2) is 6.95. The van der Waals surface area contributed by atoms with Crippen molar-refractivity contribution in [3.8, 4) is 5.75 Å². The molecule has 1 N–H and O–H groups in total. The normalized spacial score (nSPS) is 20.0. The minimum atomic E-state index is -0.448. The van der Waals surface area contributed by atoms with Crippen LogP contribution in [0.4, 0.5) is 0 Å². The van der Waals surface area contributed by atoms with E-state index < -0.39 is 6.10 Å². The van der Waals surface area contributed by atoms with Gasteiger partial charge in [-0.1, -0.05) is 48.5 Å².